The molecule has 2 amide bonds. The second-order valence-electron chi connectivity index (χ2n) is 7.76. The van der Waals surface area contributed by atoms with Crippen molar-refractivity contribution in [1.82, 2.24) is 10.2 Å². The van der Waals surface area contributed by atoms with Gasteiger partial charge in [0.05, 0.1) is 17.7 Å². The number of benzene rings is 1. The highest BCUT2D eigenvalue weighted by Crippen LogP contribution is 2.45. The zero-order valence-electron chi connectivity index (χ0n) is 17.5. The molecule has 1 fully saturated rings. The maximum atomic E-state index is 13.0. The summed E-state index contributed by atoms with van der Waals surface area (Å²) < 4.78 is 1.31. The molecular weight excluding hydrogens is 513 g/mol. The van der Waals surface area contributed by atoms with Crippen LogP contribution < -0.4 is 10.7 Å². The number of aliphatic hydroxyl groups is 1. The smallest absolute Gasteiger partial charge is 0.253 e. The van der Waals surface area contributed by atoms with Crippen LogP contribution in [-0.2, 0) is 27.4 Å². The Kier molecular flexibility index (Phi) is 6.38. The normalized spacial score (nSPS) is 19.7. The summed E-state index contributed by atoms with van der Waals surface area (Å²) in [5.41, 5.74) is 1.38. The maximum absolute atomic E-state index is 13.0. The first kappa shape index (κ1) is 23.3. The van der Waals surface area contributed by atoms with Crippen LogP contribution >= 0.6 is 47.1 Å². The van der Waals surface area contributed by atoms with Crippen molar-refractivity contribution in [2.24, 2.45) is 0 Å². The summed E-state index contributed by atoms with van der Waals surface area (Å²) in [4.78, 5) is 52.9. The maximum Gasteiger partial charge on any atom is 0.253 e. The van der Waals surface area contributed by atoms with Crippen molar-refractivity contribution in [3.05, 3.63) is 73.7 Å². The van der Waals surface area contributed by atoms with Crippen molar-refractivity contribution in [2.75, 3.05) is 5.75 Å². The number of amides is 2. The van der Waals surface area contributed by atoms with Crippen molar-refractivity contribution in [1.29, 1.82) is 0 Å². The molecule has 11 heteroatoms. The lowest BCUT2D eigenvalue weighted by Gasteiger charge is -2.50. The monoisotopic (exact) mass is 530 g/mol. The Morgan fingerprint density at radius 2 is 1.94 bits per heavy atom. The molecular formula is C23H18N2O5S4. The van der Waals surface area contributed by atoms with E-state index in [1.165, 1.54) is 39.3 Å². The van der Waals surface area contributed by atoms with Gasteiger partial charge >= 0.3 is 0 Å². The van der Waals surface area contributed by atoms with Gasteiger partial charge in [0.25, 0.3) is 5.91 Å². The van der Waals surface area contributed by atoms with Crippen LogP contribution in [0.5, 0.6) is 0 Å². The summed E-state index contributed by atoms with van der Waals surface area (Å²) >= 11 is 8.04. The first-order valence-corrected chi connectivity index (χ1v) is 13.5. The Bertz CT molecular complexity index is 1410. The molecule has 7 nitrogen and oxygen atoms in total. The van der Waals surface area contributed by atoms with Crippen LogP contribution in [0.25, 0.3) is 15.0 Å². The molecule has 4 heterocycles. The predicted octanol–water partition coefficient (Wildman–Crippen LogP) is 2.63. The Labute approximate surface area is 211 Å². The van der Waals surface area contributed by atoms with E-state index in [1.807, 2.05) is 36.4 Å². The molecule has 2 aliphatic rings. The number of thiophene rings is 1. The van der Waals surface area contributed by atoms with E-state index in [-0.39, 0.29) is 29.0 Å². The molecule has 1 saturated heterocycles. The summed E-state index contributed by atoms with van der Waals surface area (Å²) in [5, 5.41) is 13.5. The van der Waals surface area contributed by atoms with Gasteiger partial charge in [0.15, 0.2) is 0 Å². The van der Waals surface area contributed by atoms with E-state index in [1.54, 1.807) is 5.38 Å². The van der Waals surface area contributed by atoms with Gasteiger partial charge in [-0.2, -0.15) is 0 Å². The third-order valence-corrected chi connectivity index (χ3v) is 9.51. The van der Waals surface area contributed by atoms with Gasteiger partial charge in [-0.05, 0) is 17.0 Å². The number of hydrogen-bond donors (Lipinski definition) is 3. The lowest BCUT2D eigenvalue weighted by Crippen LogP contribution is -2.70. The number of carbonyl (C=O) groups excluding carboxylic acids is 3. The summed E-state index contributed by atoms with van der Waals surface area (Å²) in [7, 11) is 0. The standard InChI is InChI=1S/C23H18N2O5S4/c26-9-12-18(28)20-14(6-7-32-20)34-19(12)13-10-33-22-16(21(29)25(22)17(13)23(30)31)24-15(27)8-11-4-2-1-3-5-11/h1-7,16,22,26H,8-10H2,(H,24,27)(H,30,31)/t16?,22-/m1/s1. The molecule has 2 atom stereocenters. The first-order valence-electron chi connectivity index (χ1n) is 10.3. The third kappa shape index (κ3) is 3.91. The van der Waals surface area contributed by atoms with Gasteiger partial charge in [-0.3, -0.25) is 24.1 Å². The Balaban J connectivity index is 1.46. The van der Waals surface area contributed by atoms with Gasteiger partial charge in [-0.1, -0.05) is 43.0 Å². The largest absolute Gasteiger partial charge is 0.391 e. The molecule has 2 aliphatic heterocycles. The molecule has 0 saturated carbocycles. The fraction of sp³-hybridized carbons (Fsp3) is 0.217. The molecule has 0 spiro atoms. The SMILES string of the molecule is O=C(Cc1ccccc1)NC1C(=O)N2C(C(=O)S)=C(c3sc4ccsc4c(=O)c3CO)CS[C@H]12. The van der Waals surface area contributed by atoms with Crippen LogP contribution in [-0.4, -0.2) is 44.1 Å². The molecule has 2 N–H and O–H groups in total. The second kappa shape index (κ2) is 9.31. The molecule has 34 heavy (non-hydrogen) atoms. The highest BCUT2D eigenvalue weighted by atomic mass is 32.2. The van der Waals surface area contributed by atoms with E-state index in [4.69, 9.17) is 0 Å². The van der Waals surface area contributed by atoms with E-state index < -0.39 is 29.0 Å². The summed E-state index contributed by atoms with van der Waals surface area (Å²) in [6.07, 6.45) is 0.149. The van der Waals surface area contributed by atoms with Crippen LogP contribution in [0, 0.1) is 0 Å². The summed E-state index contributed by atoms with van der Waals surface area (Å²) in [6, 6.07) is 10.3. The lowest BCUT2D eigenvalue weighted by atomic mass is 10.0. The van der Waals surface area contributed by atoms with Crippen LogP contribution in [0.15, 0.2) is 52.3 Å². The van der Waals surface area contributed by atoms with E-state index in [0.717, 1.165) is 10.3 Å². The van der Waals surface area contributed by atoms with Crippen LogP contribution in [0.4, 0.5) is 0 Å². The van der Waals surface area contributed by atoms with Crippen molar-refractivity contribution in [3.63, 3.8) is 0 Å². The number of β-lactam (4-membered cyclic amide) rings is 1. The average molecular weight is 531 g/mol. The van der Waals surface area contributed by atoms with Crippen molar-refractivity contribution >= 4 is 79.0 Å². The molecule has 5 rings (SSSR count). The number of nitrogens with one attached hydrogen (secondary N) is 1. The molecule has 2 aromatic heterocycles. The van der Waals surface area contributed by atoms with Crippen molar-refractivity contribution in [2.45, 2.75) is 24.4 Å². The van der Waals surface area contributed by atoms with E-state index >= 15 is 0 Å². The quantitative estimate of drug-likeness (QED) is 0.335. The molecule has 0 bridgehead atoms. The minimum absolute atomic E-state index is 0.102. The molecule has 1 aromatic carbocycles. The van der Waals surface area contributed by atoms with Gasteiger partial charge in [0, 0.05) is 26.5 Å². The Morgan fingerprint density at radius 1 is 1.18 bits per heavy atom. The number of thioether (sulfide) groups is 1. The molecule has 0 radical (unpaired) electrons. The highest BCUT2D eigenvalue weighted by molar-refractivity contribution is 8.00. The minimum atomic E-state index is -0.749. The van der Waals surface area contributed by atoms with Gasteiger partial charge in [-0.15, -0.1) is 34.4 Å². The number of thiol groups is 1. The first-order chi connectivity index (χ1) is 16.4. The Morgan fingerprint density at radius 3 is 2.65 bits per heavy atom. The Hall–Kier alpha value is -2.44. The fourth-order valence-corrected chi connectivity index (χ4v) is 8.05. The zero-order chi connectivity index (χ0) is 24.0. The minimum Gasteiger partial charge on any atom is -0.391 e. The topological polar surface area (TPSA) is 104 Å². The lowest BCUT2D eigenvalue weighted by molar-refractivity contribution is -0.146. The number of fused-ring (bicyclic) bond motifs is 2. The molecule has 3 aromatic rings. The van der Waals surface area contributed by atoms with Gasteiger partial charge < -0.3 is 10.4 Å². The number of nitrogens with zero attached hydrogens (tertiary/aromatic N) is 1. The zero-order valence-corrected chi connectivity index (χ0v) is 20.9. The van der Waals surface area contributed by atoms with Crippen LogP contribution in [0.1, 0.15) is 16.0 Å². The highest BCUT2D eigenvalue weighted by Gasteiger charge is 2.54. The fourth-order valence-electron chi connectivity index (χ4n) is 4.14. The van der Waals surface area contributed by atoms with Gasteiger partial charge in [0.2, 0.25) is 16.5 Å². The average Bonchev–Trinajstić information content (AvgIpc) is 3.31. The summed E-state index contributed by atoms with van der Waals surface area (Å²) in [5.74, 6) is -0.343. The molecule has 1 unspecified atom stereocenters. The number of carbonyl (C=O) groups is 3. The third-order valence-electron chi connectivity index (χ3n) is 5.72. The van der Waals surface area contributed by atoms with Crippen molar-refractivity contribution < 1.29 is 19.5 Å². The second-order valence-corrected chi connectivity index (χ2v) is 11.2. The number of hydrogen-bond acceptors (Lipinski definition) is 8. The predicted molar refractivity (Wildman–Crippen MR) is 138 cm³/mol. The van der Waals surface area contributed by atoms with E-state index in [0.29, 0.717) is 20.9 Å². The number of aliphatic hydroxyl groups excluding tert-OH is 1. The van der Waals surface area contributed by atoms with Gasteiger partial charge in [-0.25, -0.2) is 0 Å². The van der Waals surface area contributed by atoms with Crippen molar-refractivity contribution in [3.8, 4) is 0 Å². The van der Waals surface area contributed by atoms with E-state index in [2.05, 4.69) is 17.9 Å². The molecule has 174 valence electrons. The molecule has 0 aliphatic carbocycles. The summed E-state index contributed by atoms with van der Waals surface area (Å²) in [6.45, 7) is -0.476. The van der Waals surface area contributed by atoms with Gasteiger partial charge in [0.1, 0.15) is 17.1 Å². The van der Waals surface area contributed by atoms with E-state index in [9.17, 15) is 24.3 Å². The van der Waals surface area contributed by atoms with Crippen LogP contribution in [0.2, 0.25) is 0 Å². The van der Waals surface area contributed by atoms with Crippen LogP contribution in [0.3, 0.4) is 0 Å². The number of rotatable bonds is 6.